The first kappa shape index (κ1) is 79.6. The molecule has 1 rings (SSSR count). The molecule has 11 heteroatoms. The van der Waals surface area contributed by atoms with E-state index in [0.29, 0.717) is 19.4 Å². The predicted octanol–water partition coefficient (Wildman–Crippen LogP) is 18.4. The first-order valence-corrected chi connectivity index (χ1v) is 35.9. The summed E-state index contributed by atoms with van der Waals surface area (Å²) in [5.41, 5.74) is 0. The van der Waals surface area contributed by atoms with Crippen LogP contribution in [0.3, 0.4) is 0 Å². The first-order valence-electron chi connectivity index (χ1n) is 35.9. The van der Waals surface area contributed by atoms with Crippen molar-refractivity contribution >= 4 is 11.9 Å². The summed E-state index contributed by atoms with van der Waals surface area (Å²) in [5, 5.41) is 54.2. The Kier molecular flexibility index (Phi) is 59.0. The molecule has 1 amide bonds. The van der Waals surface area contributed by atoms with Crippen LogP contribution >= 0.6 is 0 Å². The van der Waals surface area contributed by atoms with Gasteiger partial charge in [-0.25, -0.2) is 0 Å². The highest BCUT2D eigenvalue weighted by Crippen LogP contribution is 2.23. The molecule has 1 aliphatic rings. The first-order chi connectivity index (χ1) is 41.2. The molecule has 492 valence electrons. The number of hydrogen-bond donors (Lipinski definition) is 6. The van der Waals surface area contributed by atoms with Crippen LogP contribution < -0.4 is 5.32 Å². The van der Waals surface area contributed by atoms with Crippen molar-refractivity contribution in [2.45, 2.75) is 384 Å². The minimum Gasteiger partial charge on any atom is -0.466 e. The molecule has 7 atom stereocenters. The summed E-state index contributed by atoms with van der Waals surface area (Å²) >= 11 is 0. The van der Waals surface area contributed by atoms with Crippen LogP contribution in [-0.4, -0.2) is 100 Å². The number of allylic oxidation sites excluding steroid dienone is 7. The van der Waals surface area contributed by atoms with Crippen molar-refractivity contribution in [3.8, 4) is 0 Å². The number of esters is 1. The molecule has 0 radical (unpaired) electrons. The Morgan fingerprint density at radius 2 is 0.821 bits per heavy atom. The number of nitrogens with one attached hydrogen (secondary N) is 1. The zero-order chi connectivity index (χ0) is 60.9. The van der Waals surface area contributed by atoms with E-state index < -0.39 is 49.5 Å². The fourth-order valence-corrected chi connectivity index (χ4v) is 11.4. The molecule has 0 saturated carbocycles. The highest BCUT2D eigenvalue weighted by molar-refractivity contribution is 5.76. The van der Waals surface area contributed by atoms with E-state index in [1.165, 1.54) is 257 Å². The van der Waals surface area contributed by atoms with E-state index in [4.69, 9.17) is 14.2 Å². The van der Waals surface area contributed by atoms with E-state index in [1.54, 1.807) is 6.08 Å². The van der Waals surface area contributed by atoms with Gasteiger partial charge in [-0.05, 0) is 77.6 Å². The second-order valence-electron chi connectivity index (χ2n) is 24.9. The van der Waals surface area contributed by atoms with Gasteiger partial charge in [0.1, 0.15) is 24.4 Å². The van der Waals surface area contributed by atoms with Crippen molar-refractivity contribution in [2.75, 3.05) is 19.8 Å². The van der Waals surface area contributed by atoms with Gasteiger partial charge in [-0.15, -0.1) is 0 Å². The predicted molar refractivity (Wildman–Crippen MR) is 352 cm³/mol. The minimum absolute atomic E-state index is 0.0139. The van der Waals surface area contributed by atoms with E-state index in [-0.39, 0.29) is 18.5 Å². The zero-order valence-electron chi connectivity index (χ0n) is 54.6. The maximum atomic E-state index is 13.0. The standard InChI is InChI=1S/C73H135NO10/c1-3-5-7-9-11-13-14-41-45-49-53-57-61-69(78)82-62-58-54-50-46-42-39-37-35-33-31-29-27-25-23-21-19-17-15-16-18-20-22-24-26-28-30-32-34-36-38-40-44-48-52-56-60-68(77)74-65(66(76)59-55-51-47-43-12-10-8-6-4-2)64-83-73-72(81)71(80)70(79)67(63-75)84-73/h4,6,12,17,19,43,55,59,65-67,70-73,75-76,79-81H,3,5,7-11,13-16,18,20-42,44-54,56-58,60-64H2,1-2H3,(H,74,77)/b6-4+,19-17-,43-12+,59-55+. The van der Waals surface area contributed by atoms with E-state index in [9.17, 15) is 35.1 Å². The molecule has 84 heavy (non-hydrogen) atoms. The fraction of sp³-hybridized carbons (Fsp3) is 0.863. The second-order valence-corrected chi connectivity index (χ2v) is 24.9. The Hall–Kier alpha value is -2.38. The molecular formula is C73H135NO10. The molecule has 0 aromatic carbocycles. The van der Waals surface area contributed by atoms with Crippen LogP contribution in [0, 0.1) is 0 Å². The molecule has 6 N–H and O–H groups in total. The van der Waals surface area contributed by atoms with Gasteiger partial charge in [0.25, 0.3) is 0 Å². The van der Waals surface area contributed by atoms with Crippen molar-refractivity contribution < 1.29 is 49.3 Å². The molecule has 0 spiro atoms. The Morgan fingerprint density at radius 3 is 1.25 bits per heavy atom. The number of carbonyl (C=O) groups excluding carboxylic acids is 2. The lowest BCUT2D eigenvalue weighted by Gasteiger charge is -2.40. The lowest BCUT2D eigenvalue weighted by atomic mass is 9.99. The fourth-order valence-electron chi connectivity index (χ4n) is 11.4. The number of carbonyl (C=O) groups is 2. The molecular weight excluding hydrogens is 1050 g/mol. The molecule has 1 fully saturated rings. The smallest absolute Gasteiger partial charge is 0.305 e. The highest BCUT2D eigenvalue weighted by Gasteiger charge is 2.44. The summed E-state index contributed by atoms with van der Waals surface area (Å²) in [5.74, 6) is -0.181. The van der Waals surface area contributed by atoms with Gasteiger partial charge in [0.15, 0.2) is 6.29 Å². The van der Waals surface area contributed by atoms with Crippen LogP contribution in [0.2, 0.25) is 0 Å². The van der Waals surface area contributed by atoms with Gasteiger partial charge in [-0.2, -0.15) is 0 Å². The second kappa shape index (κ2) is 62.2. The number of ether oxygens (including phenoxy) is 3. The summed E-state index contributed by atoms with van der Waals surface area (Å²) < 4.78 is 16.7. The third-order valence-electron chi connectivity index (χ3n) is 17.0. The average molecular weight is 1190 g/mol. The molecule has 0 bridgehead atoms. The SMILES string of the molecule is C/C=C/CC/C=C/CC/C=C/C(O)C(COC1OC(CO)C(O)C(O)C1O)NC(=O)CCCCCCCCCCCCCCCCCCC/C=C\CCCCCCCCCCCCCCCCOC(=O)CCCCCCCCCCCCCC. The van der Waals surface area contributed by atoms with Gasteiger partial charge in [0, 0.05) is 12.8 Å². The van der Waals surface area contributed by atoms with Crippen LogP contribution in [0.5, 0.6) is 0 Å². The maximum absolute atomic E-state index is 13.0. The maximum Gasteiger partial charge on any atom is 0.305 e. The van der Waals surface area contributed by atoms with E-state index in [0.717, 1.165) is 57.8 Å². The summed E-state index contributed by atoms with van der Waals surface area (Å²) in [6.45, 7) is 4.12. The number of hydrogen-bond acceptors (Lipinski definition) is 10. The normalized spacial score (nSPS) is 18.3. The minimum atomic E-state index is -1.58. The van der Waals surface area contributed by atoms with Gasteiger partial charge in [-0.1, -0.05) is 300 Å². The monoisotopic (exact) mass is 1190 g/mol. The highest BCUT2D eigenvalue weighted by atomic mass is 16.7. The summed E-state index contributed by atoms with van der Waals surface area (Å²) in [7, 11) is 0. The average Bonchev–Trinajstić information content (AvgIpc) is 3.23. The van der Waals surface area contributed by atoms with Crippen LogP contribution in [0.15, 0.2) is 48.6 Å². The van der Waals surface area contributed by atoms with E-state index in [2.05, 4.69) is 42.6 Å². The van der Waals surface area contributed by atoms with Crippen LogP contribution in [0.25, 0.3) is 0 Å². The van der Waals surface area contributed by atoms with Crippen LogP contribution in [0.1, 0.15) is 341 Å². The molecule has 1 aliphatic heterocycles. The largest absolute Gasteiger partial charge is 0.466 e. The summed E-state index contributed by atoms with van der Waals surface area (Å²) in [6, 6.07) is -0.831. The quantitative estimate of drug-likeness (QED) is 0.0195. The lowest BCUT2D eigenvalue weighted by Crippen LogP contribution is -2.60. The Labute approximate surface area is 516 Å². The van der Waals surface area contributed by atoms with Gasteiger partial charge in [-0.3, -0.25) is 9.59 Å². The van der Waals surface area contributed by atoms with Gasteiger partial charge >= 0.3 is 5.97 Å². The van der Waals surface area contributed by atoms with Gasteiger partial charge < -0.3 is 45.1 Å². The van der Waals surface area contributed by atoms with Gasteiger partial charge in [0.05, 0.1) is 32.0 Å². The van der Waals surface area contributed by atoms with Crippen molar-refractivity contribution in [3.63, 3.8) is 0 Å². The summed E-state index contributed by atoms with van der Waals surface area (Å²) in [6.07, 6.45) is 71.6. The van der Waals surface area contributed by atoms with Crippen molar-refractivity contribution in [3.05, 3.63) is 48.6 Å². The molecule has 1 saturated heterocycles. The Morgan fingerprint density at radius 1 is 0.452 bits per heavy atom. The molecule has 0 aromatic heterocycles. The van der Waals surface area contributed by atoms with Gasteiger partial charge in [0.2, 0.25) is 5.91 Å². The third kappa shape index (κ3) is 50.6. The Balaban J connectivity index is 1.89. The topological polar surface area (TPSA) is 175 Å². The van der Waals surface area contributed by atoms with E-state index in [1.807, 2.05) is 19.1 Å². The van der Waals surface area contributed by atoms with E-state index >= 15 is 0 Å². The molecule has 0 aliphatic carbocycles. The van der Waals surface area contributed by atoms with Crippen molar-refractivity contribution in [1.29, 1.82) is 0 Å². The molecule has 1 heterocycles. The number of rotatable bonds is 63. The van der Waals surface area contributed by atoms with Crippen LogP contribution in [-0.2, 0) is 23.8 Å². The third-order valence-corrected chi connectivity index (χ3v) is 17.0. The number of aliphatic hydroxyl groups is 5. The number of aliphatic hydroxyl groups excluding tert-OH is 5. The molecule has 11 nitrogen and oxygen atoms in total. The number of amides is 1. The lowest BCUT2D eigenvalue weighted by molar-refractivity contribution is -0.302. The van der Waals surface area contributed by atoms with Crippen LogP contribution in [0.4, 0.5) is 0 Å². The Bertz CT molecular complexity index is 1530. The molecule has 0 aromatic rings. The molecule has 7 unspecified atom stereocenters. The number of unbranched alkanes of at least 4 members (excludes halogenated alkanes) is 44. The summed E-state index contributed by atoms with van der Waals surface area (Å²) in [4.78, 5) is 25.0. The van der Waals surface area contributed by atoms with Crippen molar-refractivity contribution in [2.24, 2.45) is 0 Å². The van der Waals surface area contributed by atoms with Crippen molar-refractivity contribution in [1.82, 2.24) is 5.32 Å². The zero-order valence-corrected chi connectivity index (χ0v) is 54.6.